The predicted octanol–water partition coefficient (Wildman–Crippen LogP) is 4.55. The largest absolute Gasteiger partial charge is 0.508 e. The molecule has 6 nitrogen and oxygen atoms in total. The standard InChI is InChI=1S/C19H16N2O3.C3H8O/c1-10(2)18-16(19-20-13-5-3-4-6-14(13)21-19)17(23)12-8-7-11(22)9-15(12)24-18;1-3(2)4/h3-10,22H,1-2H3,(H,20,21);3-4H,1-2H3. The highest BCUT2D eigenvalue weighted by atomic mass is 16.3. The molecule has 6 heteroatoms. The van der Waals surface area contributed by atoms with Crippen molar-refractivity contribution in [2.24, 2.45) is 0 Å². The summed E-state index contributed by atoms with van der Waals surface area (Å²) in [5.74, 6) is 1.12. The van der Waals surface area contributed by atoms with Gasteiger partial charge in [-0.25, -0.2) is 4.98 Å². The SMILES string of the molecule is CC(C)O.CC(C)c1oc2cc(O)ccc2c(=O)c1-c1nc2ccccc2[nH]1. The molecule has 2 heterocycles. The lowest BCUT2D eigenvalue weighted by molar-refractivity contribution is 0.216. The molecule has 0 aliphatic rings. The van der Waals surface area contributed by atoms with Crippen LogP contribution in [0.3, 0.4) is 0 Å². The maximum absolute atomic E-state index is 13.0. The Kier molecular flexibility index (Phi) is 5.51. The summed E-state index contributed by atoms with van der Waals surface area (Å²) in [6.45, 7) is 7.36. The first-order valence-electron chi connectivity index (χ1n) is 9.20. The summed E-state index contributed by atoms with van der Waals surface area (Å²) >= 11 is 0. The average Bonchev–Trinajstić information content (AvgIpc) is 3.04. The molecule has 3 N–H and O–H groups in total. The maximum atomic E-state index is 13.0. The number of rotatable bonds is 2. The summed E-state index contributed by atoms with van der Waals surface area (Å²) in [5, 5.41) is 18.1. The molecule has 0 saturated heterocycles. The van der Waals surface area contributed by atoms with E-state index >= 15 is 0 Å². The number of imidazole rings is 1. The monoisotopic (exact) mass is 380 g/mol. The lowest BCUT2D eigenvalue weighted by Crippen LogP contribution is -2.11. The van der Waals surface area contributed by atoms with E-state index in [2.05, 4.69) is 9.97 Å². The smallest absolute Gasteiger partial charge is 0.203 e. The molecule has 4 aromatic rings. The van der Waals surface area contributed by atoms with Crippen molar-refractivity contribution in [1.82, 2.24) is 9.97 Å². The summed E-state index contributed by atoms with van der Waals surface area (Å²) in [6, 6.07) is 12.2. The molecule has 2 aromatic carbocycles. The number of para-hydroxylation sites is 2. The van der Waals surface area contributed by atoms with Gasteiger partial charge in [0.15, 0.2) is 0 Å². The van der Waals surface area contributed by atoms with Gasteiger partial charge in [0.1, 0.15) is 28.5 Å². The number of hydrogen-bond donors (Lipinski definition) is 3. The van der Waals surface area contributed by atoms with Gasteiger partial charge in [-0.1, -0.05) is 26.0 Å². The molecule has 0 aliphatic carbocycles. The van der Waals surface area contributed by atoms with Crippen molar-refractivity contribution < 1.29 is 14.6 Å². The van der Waals surface area contributed by atoms with Crippen LogP contribution in [0.25, 0.3) is 33.4 Å². The number of aromatic amines is 1. The fraction of sp³-hybridized carbons (Fsp3) is 0.273. The number of phenols is 1. The molecule has 0 atom stereocenters. The van der Waals surface area contributed by atoms with Crippen molar-refractivity contribution in [3.63, 3.8) is 0 Å². The van der Waals surface area contributed by atoms with Gasteiger partial charge in [-0.2, -0.15) is 0 Å². The van der Waals surface area contributed by atoms with Crippen LogP contribution in [-0.2, 0) is 0 Å². The highest BCUT2D eigenvalue weighted by Gasteiger charge is 2.21. The van der Waals surface area contributed by atoms with Crippen LogP contribution in [-0.4, -0.2) is 26.3 Å². The number of aliphatic hydroxyl groups excluding tert-OH is 1. The molecule has 146 valence electrons. The lowest BCUT2D eigenvalue weighted by atomic mass is 10.0. The third-order valence-electron chi connectivity index (χ3n) is 4.05. The van der Waals surface area contributed by atoms with Crippen molar-refractivity contribution in [2.75, 3.05) is 0 Å². The van der Waals surface area contributed by atoms with Crippen LogP contribution >= 0.6 is 0 Å². The normalized spacial score (nSPS) is 11.2. The third-order valence-corrected chi connectivity index (χ3v) is 4.05. The highest BCUT2D eigenvalue weighted by molar-refractivity contribution is 5.85. The van der Waals surface area contributed by atoms with Crippen LogP contribution < -0.4 is 5.43 Å². The summed E-state index contributed by atoms with van der Waals surface area (Å²) in [6.07, 6.45) is -0.167. The van der Waals surface area contributed by atoms with Crippen LogP contribution in [0.2, 0.25) is 0 Å². The molecule has 0 amide bonds. The second-order valence-corrected chi connectivity index (χ2v) is 7.20. The zero-order valence-corrected chi connectivity index (χ0v) is 16.4. The average molecular weight is 380 g/mol. The van der Waals surface area contributed by atoms with Gasteiger partial charge in [0.05, 0.1) is 16.4 Å². The highest BCUT2D eigenvalue weighted by Crippen LogP contribution is 2.30. The first-order valence-corrected chi connectivity index (χ1v) is 9.20. The summed E-state index contributed by atoms with van der Waals surface area (Å²) in [4.78, 5) is 20.8. The van der Waals surface area contributed by atoms with E-state index < -0.39 is 0 Å². The van der Waals surface area contributed by atoms with Gasteiger partial charge in [0.2, 0.25) is 5.43 Å². The minimum Gasteiger partial charge on any atom is -0.508 e. The van der Waals surface area contributed by atoms with Gasteiger partial charge in [0, 0.05) is 18.1 Å². The van der Waals surface area contributed by atoms with Crippen LogP contribution in [0.4, 0.5) is 0 Å². The van der Waals surface area contributed by atoms with Crippen molar-refractivity contribution in [3.8, 4) is 17.1 Å². The predicted molar refractivity (Wildman–Crippen MR) is 111 cm³/mol. The zero-order valence-electron chi connectivity index (χ0n) is 16.4. The number of benzene rings is 2. The summed E-state index contributed by atoms with van der Waals surface area (Å²) in [5.41, 5.74) is 2.33. The van der Waals surface area contributed by atoms with E-state index in [1.807, 2.05) is 38.1 Å². The number of phenolic OH excluding ortho intramolecular Hbond substituents is 1. The Morgan fingerprint density at radius 2 is 1.75 bits per heavy atom. The number of nitrogens with one attached hydrogen (secondary N) is 1. The van der Waals surface area contributed by atoms with E-state index in [0.29, 0.717) is 28.1 Å². The van der Waals surface area contributed by atoms with Gasteiger partial charge in [-0.15, -0.1) is 0 Å². The first-order chi connectivity index (χ1) is 13.3. The second kappa shape index (κ2) is 7.86. The Balaban J connectivity index is 0.000000516. The molecule has 0 fully saturated rings. The van der Waals surface area contributed by atoms with Crippen LogP contribution in [0.1, 0.15) is 39.4 Å². The van der Waals surface area contributed by atoms with Gasteiger partial charge >= 0.3 is 0 Å². The van der Waals surface area contributed by atoms with Gasteiger partial charge in [-0.05, 0) is 38.1 Å². The quantitative estimate of drug-likeness (QED) is 0.474. The Morgan fingerprint density at radius 3 is 2.39 bits per heavy atom. The van der Waals surface area contributed by atoms with E-state index in [0.717, 1.165) is 11.0 Å². The number of H-pyrrole nitrogens is 1. The summed E-state index contributed by atoms with van der Waals surface area (Å²) in [7, 11) is 0. The number of fused-ring (bicyclic) bond motifs is 2. The van der Waals surface area contributed by atoms with Crippen molar-refractivity contribution in [2.45, 2.75) is 39.7 Å². The molecule has 0 spiro atoms. The third kappa shape index (κ3) is 3.92. The lowest BCUT2D eigenvalue weighted by Gasteiger charge is -2.11. The van der Waals surface area contributed by atoms with E-state index in [-0.39, 0.29) is 23.2 Å². The minimum absolute atomic E-state index is 0.00680. The van der Waals surface area contributed by atoms with E-state index in [4.69, 9.17) is 9.52 Å². The Morgan fingerprint density at radius 1 is 1.07 bits per heavy atom. The van der Waals surface area contributed by atoms with Gasteiger partial charge in [0.25, 0.3) is 0 Å². The minimum atomic E-state index is -0.167. The first kappa shape index (κ1) is 19.6. The molecule has 0 aliphatic heterocycles. The Bertz CT molecular complexity index is 1140. The van der Waals surface area contributed by atoms with Crippen LogP contribution in [0.15, 0.2) is 51.7 Å². The van der Waals surface area contributed by atoms with E-state index in [1.165, 1.54) is 12.1 Å². The fourth-order valence-electron chi connectivity index (χ4n) is 2.90. The van der Waals surface area contributed by atoms with Crippen LogP contribution in [0.5, 0.6) is 5.75 Å². The van der Waals surface area contributed by atoms with Crippen molar-refractivity contribution in [3.05, 3.63) is 58.4 Å². The molecule has 0 radical (unpaired) electrons. The van der Waals surface area contributed by atoms with E-state index in [1.54, 1.807) is 19.9 Å². The number of aliphatic hydroxyl groups is 1. The number of hydrogen-bond acceptors (Lipinski definition) is 5. The molecule has 0 saturated carbocycles. The van der Waals surface area contributed by atoms with Crippen LogP contribution in [0, 0.1) is 0 Å². The molecule has 28 heavy (non-hydrogen) atoms. The zero-order chi connectivity index (χ0) is 20.4. The molecular formula is C22H24N2O4. The molecule has 2 aromatic heterocycles. The Labute approximate surface area is 162 Å². The van der Waals surface area contributed by atoms with Gasteiger partial charge in [-0.3, -0.25) is 4.79 Å². The van der Waals surface area contributed by atoms with Crippen molar-refractivity contribution in [1.29, 1.82) is 0 Å². The fourth-order valence-corrected chi connectivity index (χ4v) is 2.90. The second-order valence-electron chi connectivity index (χ2n) is 7.20. The molecule has 0 unspecified atom stereocenters. The summed E-state index contributed by atoms with van der Waals surface area (Å²) < 4.78 is 5.95. The topological polar surface area (TPSA) is 99.4 Å². The van der Waals surface area contributed by atoms with Gasteiger partial charge < -0.3 is 19.6 Å². The Hall–Kier alpha value is -3.12. The van der Waals surface area contributed by atoms with E-state index in [9.17, 15) is 9.90 Å². The molecule has 4 rings (SSSR count). The van der Waals surface area contributed by atoms with Crippen molar-refractivity contribution >= 4 is 22.0 Å². The maximum Gasteiger partial charge on any atom is 0.203 e. The number of aromatic hydroxyl groups is 1. The number of aromatic nitrogens is 2. The molecule has 0 bridgehead atoms. The molecular weight excluding hydrogens is 356 g/mol. The number of nitrogens with zero attached hydrogens (tertiary/aromatic N) is 1.